The number of hydrogen-bond acceptors (Lipinski definition) is 9. The normalized spacial score (nSPS) is 12.8. The van der Waals surface area contributed by atoms with Crippen molar-refractivity contribution in [1.82, 2.24) is 10.2 Å². The number of anilines is 1. The number of halogens is 3. The Labute approximate surface area is 236 Å². The van der Waals surface area contributed by atoms with Crippen LogP contribution in [0.1, 0.15) is 20.7 Å². The van der Waals surface area contributed by atoms with E-state index in [4.69, 9.17) is 10.2 Å². The second kappa shape index (κ2) is 15.0. The molecule has 1 rings (SSSR count). The minimum absolute atomic E-state index is 0.00916. The van der Waals surface area contributed by atoms with Gasteiger partial charge in [0.2, 0.25) is 0 Å². The van der Waals surface area contributed by atoms with Gasteiger partial charge in [-0.15, -0.1) is 0 Å². The highest BCUT2D eigenvalue weighted by atomic mass is 127. The number of nitrogens with one attached hydrogen (secondary N) is 1. The van der Waals surface area contributed by atoms with Gasteiger partial charge >= 0.3 is 0 Å². The van der Waals surface area contributed by atoms with Crippen LogP contribution < -0.4 is 10.2 Å². The zero-order chi connectivity index (χ0) is 26.2. The first kappa shape index (κ1) is 31.6. The summed E-state index contributed by atoms with van der Waals surface area (Å²) in [5.74, 6) is -2.06. The van der Waals surface area contributed by atoms with Gasteiger partial charge in [0.1, 0.15) is 6.61 Å². The molecule has 1 aromatic rings. The fourth-order valence-corrected chi connectivity index (χ4v) is 7.53. The van der Waals surface area contributed by atoms with E-state index >= 15 is 0 Å². The Balaban J connectivity index is 3.80. The second-order valence-corrected chi connectivity index (χ2v) is 10.3. The summed E-state index contributed by atoms with van der Waals surface area (Å²) in [6.07, 6.45) is -2.41. The van der Waals surface area contributed by atoms with Crippen molar-refractivity contribution in [3.05, 3.63) is 21.8 Å². The minimum Gasteiger partial charge on any atom is -0.395 e. The Morgan fingerprint density at radius 3 is 1.97 bits per heavy atom. The molecule has 0 saturated carbocycles. The highest BCUT2D eigenvalue weighted by molar-refractivity contribution is 14.1. The lowest BCUT2D eigenvalue weighted by atomic mass is 10.1. The molecule has 0 aromatic heterocycles. The number of carbonyl (C=O) groups excluding carboxylic acids is 3. The van der Waals surface area contributed by atoms with E-state index in [2.05, 4.69) is 5.32 Å². The number of aliphatic hydroxyl groups excluding tert-OH is 6. The summed E-state index contributed by atoms with van der Waals surface area (Å²) in [6.45, 7) is -3.19. The van der Waals surface area contributed by atoms with Gasteiger partial charge in [0.15, 0.2) is 0 Å². The summed E-state index contributed by atoms with van der Waals surface area (Å²) in [5, 5.41) is 58.9. The molecule has 34 heavy (non-hydrogen) atoms. The van der Waals surface area contributed by atoms with Crippen LogP contribution in [0, 0.1) is 10.7 Å². The zero-order valence-corrected chi connectivity index (χ0v) is 24.5. The maximum atomic E-state index is 13.3. The van der Waals surface area contributed by atoms with Crippen molar-refractivity contribution in [1.29, 1.82) is 0 Å². The van der Waals surface area contributed by atoms with Crippen molar-refractivity contribution >= 4 is 91.2 Å². The molecule has 0 aliphatic rings. The lowest BCUT2D eigenvalue weighted by Gasteiger charge is -2.28. The molecule has 7 N–H and O–H groups in total. The standard InChI is InChI=1S/C19H26I3N3O9/c1-24(5-10(31)7-28)19(34)13-14(20)12(18(33)23-4-9(30)6-27)15(21)17(16(13)22)25(2-3-26)11(32)8-29/h9-10,26-31H,2-8H2,1H3,(H,23,33). The van der Waals surface area contributed by atoms with Gasteiger partial charge in [-0.3, -0.25) is 14.4 Å². The quantitative estimate of drug-likeness (QED) is 0.121. The van der Waals surface area contributed by atoms with Crippen molar-refractivity contribution in [2.75, 3.05) is 58.0 Å². The van der Waals surface area contributed by atoms with Crippen LogP contribution in [0.2, 0.25) is 0 Å². The number of nitrogens with zero attached hydrogens (tertiary/aromatic N) is 2. The van der Waals surface area contributed by atoms with E-state index < -0.39 is 56.4 Å². The third-order valence-electron chi connectivity index (χ3n) is 4.52. The summed E-state index contributed by atoms with van der Waals surface area (Å²) in [4.78, 5) is 41.0. The third kappa shape index (κ3) is 7.79. The van der Waals surface area contributed by atoms with E-state index in [0.717, 1.165) is 9.80 Å². The first-order valence-electron chi connectivity index (χ1n) is 9.80. The van der Waals surface area contributed by atoms with Crippen LogP contribution in [0.4, 0.5) is 5.69 Å². The number of aliphatic hydroxyl groups is 6. The number of hydrogen-bond donors (Lipinski definition) is 7. The largest absolute Gasteiger partial charge is 0.395 e. The van der Waals surface area contributed by atoms with Gasteiger partial charge in [0, 0.05) is 30.3 Å². The topological polar surface area (TPSA) is 191 Å². The van der Waals surface area contributed by atoms with Gasteiger partial charge in [-0.1, -0.05) is 0 Å². The highest BCUT2D eigenvalue weighted by Crippen LogP contribution is 2.38. The van der Waals surface area contributed by atoms with E-state index in [0.29, 0.717) is 0 Å². The summed E-state index contributed by atoms with van der Waals surface area (Å²) in [6, 6.07) is 0. The molecule has 12 nitrogen and oxygen atoms in total. The molecule has 0 aliphatic carbocycles. The fraction of sp³-hybridized carbons (Fsp3) is 0.526. The first-order chi connectivity index (χ1) is 16.0. The Morgan fingerprint density at radius 2 is 1.47 bits per heavy atom. The van der Waals surface area contributed by atoms with E-state index in [1.165, 1.54) is 7.05 Å². The molecule has 0 fully saturated rings. The SMILES string of the molecule is CN(CC(O)CO)C(=O)c1c(I)c(C(=O)NCC(O)CO)c(I)c(N(CCO)C(=O)CO)c1I. The van der Waals surface area contributed by atoms with Gasteiger partial charge < -0.3 is 45.8 Å². The molecule has 0 bridgehead atoms. The summed E-state index contributed by atoms with van der Waals surface area (Å²) >= 11 is 5.47. The van der Waals surface area contributed by atoms with Gasteiger partial charge in [-0.05, 0) is 67.8 Å². The van der Waals surface area contributed by atoms with E-state index in [1.807, 2.05) is 67.8 Å². The molecule has 15 heteroatoms. The van der Waals surface area contributed by atoms with Gasteiger partial charge in [-0.25, -0.2) is 0 Å². The zero-order valence-electron chi connectivity index (χ0n) is 18.0. The van der Waals surface area contributed by atoms with Gasteiger partial charge in [0.05, 0.1) is 56.0 Å². The van der Waals surface area contributed by atoms with Crippen molar-refractivity contribution in [2.24, 2.45) is 0 Å². The molecule has 0 saturated heterocycles. The van der Waals surface area contributed by atoms with Crippen LogP contribution >= 0.6 is 67.8 Å². The number of likely N-dealkylation sites (N-methyl/N-ethyl adjacent to an activating group) is 1. The maximum Gasteiger partial charge on any atom is 0.255 e. The average molecular weight is 821 g/mol. The van der Waals surface area contributed by atoms with Crippen molar-refractivity contribution in [3.63, 3.8) is 0 Å². The Morgan fingerprint density at radius 1 is 0.912 bits per heavy atom. The lowest BCUT2D eigenvalue weighted by Crippen LogP contribution is -2.40. The molecule has 0 radical (unpaired) electrons. The van der Waals surface area contributed by atoms with Gasteiger partial charge in [-0.2, -0.15) is 0 Å². The smallest absolute Gasteiger partial charge is 0.255 e. The van der Waals surface area contributed by atoms with Crippen LogP contribution in [-0.4, -0.2) is 119 Å². The molecule has 2 atom stereocenters. The van der Waals surface area contributed by atoms with Crippen LogP contribution in [0.25, 0.3) is 0 Å². The lowest BCUT2D eigenvalue weighted by molar-refractivity contribution is -0.121. The average Bonchev–Trinajstić information content (AvgIpc) is 2.80. The van der Waals surface area contributed by atoms with Crippen LogP contribution in [0.15, 0.2) is 0 Å². The highest BCUT2D eigenvalue weighted by Gasteiger charge is 2.33. The van der Waals surface area contributed by atoms with E-state index in [9.17, 15) is 34.8 Å². The van der Waals surface area contributed by atoms with Crippen LogP contribution in [0.3, 0.4) is 0 Å². The molecular weight excluding hydrogens is 795 g/mol. The first-order valence-corrected chi connectivity index (χ1v) is 13.0. The van der Waals surface area contributed by atoms with E-state index in [-0.39, 0.29) is 47.2 Å². The molecule has 1 aromatic carbocycles. The van der Waals surface area contributed by atoms with Crippen LogP contribution in [-0.2, 0) is 4.79 Å². The summed E-state index contributed by atoms with van der Waals surface area (Å²) in [5.41, 5.74) is 0.169. The minimum atomic E-state index is -1.21. The van der Waals surface area contributed by atoms with Crippen molar-refractivity contribution < 1.29 is 45.0 Å². The summed E-state index contributed by atoms with van der Waals surface area (Å²) in [7, 11) is 1.40. The van der Waals surface area contributed by atoms with E-state index in [1.54, 1.807) is 0 Å². The number of carbonyl (C=O) groups is 3. The number of benzene rings is 1. The predicted molar refractivity (Wildman–Crippen MR) is 147 cm³/mol. The molecule has 3 amide bonds. The summed E-state index contributed by atoms with van der Waals surface area (Å²) < 4.78 is 0.748. The Bertz CT molecular complexity index is 904. The molecule has 0 aliphatic heterocycles. The molecule has 0 heterocycles. The Kier molecular flexibility index (Phi) is 13.9. The van der Waals surface area contributed by atoms with Crippen molar-refractivity contribution in [3.8, 4) is 0 Å². The van der Waals surface area contributed by atoms with Crippen LogP contribution in [0.5, 0.6) is 0 Å². The molecule has 192 valence electrons. The third-order valence-corrected chi connectivity index (χ3v) is 7.69. The second-order valence-electron chi connectivity index (χ2n) is 7.04. The molecular formula is C19H26I3N3O9. The predicted octanol–water partition coefficient (Wildman–Crippen LogP) is -1.67. The molecule has 0 spiro atoms. The monoisotopic (exact) mass is 821 g/mol. The van der Waals surface area contributed by atoms with Crippen molar-refractivity contribution in [2.45, 2.75) is 12.2 Å². The molecule has 2 unspecified atom stereocenters. The number of amides is 3. The fourth-order valence-electron chi connectivity index (χ4n) is 2.83. The number of rotatable bonds is 12. The van der Waals surface area contributed by atoms with Gasteiger partial charge in [0.25, 0.3) is 17.7 Å². The Hall–Kier alpha value is -0.420. The maximum absolute atomic E-state index is 13.3.